The molecule has 2 heterocycles. The number of anilines is 4. The van der Waals surface area contributed by atoms with Crippen molar-refractivity contribution in [3.8, 4) is 55.6 Å². The molecule has 0 radical (unpaired) electrons. The summed E-state index contributed by atoms with van der Waals surface area (Å²) in [5, 5.41) is 9.50. The van der Waals surface area contributed by atoms with Gasteiger partial charge in [0.1, 0.15) is 11.2 Å². The van der Waals surface area contributed by atoms with Crippen LogP contribution in [0.25, 0.3) is 77.6 Å². The fourth-order valence-corrected chi connectivity index (χ4v) is 7.70. The quantitative estimate of drug-likeness (QED) is 0.155. The lowest BCUT2D eigenvalue weighted by Gasteiger charge is -2.14. The molecule has 0 aliphatic heterocycles. The Morgan fingerprint density at radius 1 is 0.351 bits per heavy atom. The molecule has 4 heteroatoms. The van der Waals surface area contributed by atoms with Gasteiger partial charge in [-0.05, 0) is 99.6 Å². The number of benzene rings is 8. The standard InChI is InChI=1S/C53H37N3O/c1-2-11-37(12-3-1)45-16-4-6-20-50(45)55-44-29-24-38(25-30-44)47-18-9-19-48-49-34-40(26-31-52(49)57-53(47)48)39-13-8-14-41(33-39)46-17-5-7-21-51(46)56-43-27-22-36(23-28-43)42-15-10-32-54-35-42/h1-35,55-56H. The zero-order valence-electron chi connectivity index (χ0n) is 31.1. The molecule has 4 nitrogen and oxygen atoms in total. The predicted octanol–water partition coefficient (Wildman–Crippen LogP) is 14.8. The zero-order chi connectivity index (χ0) is 38.0. The van der Waals surface area contributed by atoms with Gasteiger partial charge in [0.25, 0.3) is 0 Å². The van der Waals surface area contributed by atoms with Crippen molar-refractivity contribution in [3.05, 3.63) is 213 Å². The Morgan fingerprint density at radius 2 is 0.895 bits per heavy atom. The van der Waals surface area contributed by atoms with Crippen molar-refractivity contribution in [3.63, 3.8) is 0 Å². The number of rotatable bonds is 9. The van der Waals surface area contributed by atoms with E-state index in [9.17, 15) is 0 Å². The second kappa shape index (κ2) is 14.9. The van der Waals surface area contributed by atoms with Crippen LogP contribution in [-0.4, -0.2) is 4.98 Å². The average molecular weight is 732 g/mol. The molecule has 0 saturated heterocycles. The van der Waals surface area contributed by atoms with Crippen LogP contribution in [0.3, 0.4) is 0 Å². The number of pyridine rings is 1. The lowest BCUT2D eigenvalue weighted by molar-refractivity contribution is 0.670. The molecule has 0 unspecified atom stereocenters. The molecule has 0 amide bonds. The van der Waals surface area contributed by atoms with Gasteiger partial charge in [-0.2, -0.15) is 0 Å². The molecule has 270 valence electrons. The Hall–Kier alpha value is -7.69. The summed E-state index contributed by atoms with van der Waals surface area (Å²) < 4.78 is 6.59. The molecule has 0 atom stereocenters. The number of furan rings is 1. The van der Waals surface area contributed by atoms with Crippen LogP contribution in [0.1, 0.15) is 0 Å². The van der Waals surface area contributed by atoms with Crippen molar-refractivity contribution in [2.24, 2.45) is 0 Å². The summed E-state index contributed by atoms with van der Waals surface area (Å²) in [5.41, 5.74) is 17.3. The molecule has 2 N–H and O–H groups in total. The maximum Gasteiger partial charge on any atom is 0.143 e. The maximum atomic E-state index is 6.59. The van der Waals surface area contributed by atoms with Gasteiger partial charge < -0.3 is 15.1 Å². The molecule has 10 aromatic rings. The Bertz CT molecular complexity index is 2990. The minimum Gasteiger partial charge on any atom is -0.455 e. The van der Waals surface area contributed by atoms with Gasteiger partial charge in [-0.25, -0.2) is 0 Å². The third-order valence-electron chi connectivity index (χ3n) is 10.6. The van der Waals surface area contributed by atoms with E-state index in [4.69, 9.17) is 4.42 Å². The van der Waals surface area contributed by atoms with Crippen LogP contribution < -0.4 is 10.6 Å². The second-order valence-corrected chi connectivity index (χ2v) is 14.2. The van der Waals surface area contributed by atoms with Crippen LogP contribution in [0.4, 0.5) is 22.7 Å². The maximum absolute atomic E-state index is 6.59. The highest BCUT2D eigenvalue weighted by atomic mass is 16.3. The predicted molar refractivity (Wildman–Crippen MR) is 238 cm³/mol. The van der Waals surface area contributed by atoms with Gasteiger partial charge in [0.2, 0.25) is 0 Å². The van der Waals surface area contributed by atoms with E-state index in [-0.39, 0.29) is 0 Å². The number of nitrogens with zero attached hydrogens (tertiary/aromatic N) is 1. The van der Waals surface area contributed by atoms with Gasteiger partial charge in [-0.3, -0.25) is 4.98 Å². The number of para-hydroxylation sites is 3. The lowest BCUT2D eigenvalue weighted by atomic mass is 9.96. The highest BCUT2D eigenvalue weighted by molar-refractivity contribution is 6.10. The van der Waals surface area contributed by atoms with E-state index in [1.54, 1.807) is 6.20 Å². The van der Waals surface area contributed by atoms with E-state index in [1.165, 1.54) is 11.1 Å². The summed E-state index contributed by atoms with van der Waals surface area (Å²) in [5.74, 6) is 0. The van der Waals surface area contributed by atoms with Crippen molar-refractivity contribution < 1.29 is 4.42 Å². The number of fused-ring (bicyclic) bond motifs is 3. The second-order valence-electron chi connectivity index (χ2n) is 14.2. The van der Waals surface area contributed by atoms with E-state index in [1.807, 2.05) is 18.3 Å². The number of aromatic nitrogens is 1. The van der Waals surface area contributed by atoms with E-state index in [0.29, 0.717) is 0 Å². The third kappa shape index (κ3) is 6.81. The van der Waals surface area contributed by atoms with Crippen molar-refractivity contribution in [1.29, 1.82) is 0 Å². The van der Waals surface area contributed by atoms with Crippen LogP contribution >= 0.6 is 0 Å². The van der Waals surface area contributed by atoms with Gasteiger partial charge in [0.05, 0.1) is 0 Å². The molecule has 0 spiro atoms. The fourth-order valence-electron chi connectivity index (χ4n) is 7.70. The molecule has 0 aliphatic carbocycles. The van der Waals surface area contributed by atoms with Gasteiger partial charge >= 0.3 is 0 Å². The van der Waals surface area contributed by atoms with Crippen molar-refractivity contribution in [1.82, 2.24) is 4.98 Å². The Labute approximate surface area is 331 Å². The first-order chi connectivity index (χ1) is 28.2. The summed E-state index contributed by atoms with van der Waals surface area (Å²) in [6.45, 7) is 0. The number of hydrogen-bond donors (Lipinski definition) is 2. The van der Waals surface area contributed by atoms with Crippen LogP contribution in [0.15, 0.2) is 217 Å². The van der Waals surface area contributed by atoms with Gasteiger partial charge in [0, 0.05) is 62.6 Å². The van der Waals surface area contributed by atoms with E-state index in [0.717, 1.165) is 89.2 Å². The minimum atomic E-state index is 0.872. The van der Waals surface area contributed by atoms with Crippen molar-refractivity contribution >= 4 is 44.7 Å². The largest absolute Gasteiger partial charge is 0.455 e. The molecule has 10 rings (SSSR count). The Morgan fingerprint density at radius 3 is 1.61 bits per heavy atom. The van der Waals surface area contributed by atoms with Crippen LogP contribution in [-0.2, 0) is 0 Å². The summed E-state index contributed by atoms with van der Waals surface area (Å²) in [6.07, 6.45) is 3.69. The molecule has 57 heavy (non-hydrogen) atoms. The summed E-state index contributed by atoms with van der Waals surface area (Å²) >= 11 is 0. The van der Waals surface area contributed by atoms with Gasteiger partial charge in [0.15, 0.2) is 0 Å². The SMILES string of the molecule is c1ccc(-c2ccccc2Nc2ccc(-c3cccc4c3oc3ccc(-c5cccc(-c6ccccc6Nc6ccc(-c7cccnc7)cc6)c5)cc34)cc2)cc1. The Kier molecular flexibility index (Phi) is 8.82. The highest BCUT2D eigenvalue weighted by Crippen LogP contribution is 2.40. The molecule has 0 aliphatic rings. The van der Waals surface area contributed by atoms with E-state index >= 15 is 0 Å². The lowest BCUT2D eigenvalue weighted by Crippen LogP contribution is -1.93. The van der Waals surface area contributed by atoms with E-state index in [2.05, 4.69) is 204 Å². The monoisotopic (exact) mass is 731 g/mol. The highest BCUT2D eigenvalue weighted by Gasteiger charge is 2.15. The molecule has 0 saturated carbocycles. The average Bonchev–Trinajstić information content (AvgIpc) is 3.66. The molecular weight excluding hydrogens is 695 g/mol. The van der Waals surface area contributed by atoms with Gasteiger partial charge in [-0.15, -0.1) is 0 Å². The van der Waals surface area contributed by atoms with Crippen molar-refractivity contribution in [2.45, 2.75) is 0 Å². The van der Waals surface area contributed by atoms with Crippen LogP contribution in [0, 0.1) is 0 Å². The topological polar surface area (TPSA) is 50.1 Å². The summed E-state index contributed by atoms with van der Waals surface area (Å²) in [4.78, 5) is 4.26. The van der Waals surface area contributed by atoms with E-state index < -0.39 is 0 Å². The molecule has 0 fully saturated rings. The summed E-state index contributed by atoms with van der Waals surface area (Å²) in [7, 11) is 0. The third-order valence-corrected chi connectivity index (χ3v) is 10.6. The zero-order valence-corrected chi connectivity index (χ0v) is 31.1. The first kappa shape index (κ1) is 33.8. The molecule has 8 aromatic carbocycles. The molecule has 2 aromatic heterocycles. The first-order valence-corrected chi connectivity index (χ1v) is 19.2. The van der Waals surface area contributed by atoms with Crippen LogP contribution in [0.2, 0.25) is 0 Å². The smallest absolute Gasteiger partial charge is 0.143 e. The molecule has 0 bridgehead atoms. The Balaban J connectivity index is 0.920. The summed E-state index contributed by atoms with van der Waals surface area (Å²) in [6, 6.07) is 70.2. The number of nitrogens with one attached hydrogen (secondary N) is 2. The minimum absolute atomic E-state index is 0.872. The van der Waals surface area contributed by atoms with Crippen molar-refractivity contribution in [2.75, 3.05) is 10.6 Å². The molecular formula is C53H37N3O. The number of hydrogen-bond acceptors (Lipinski definition) is 4. The van der Waals surface area contributed by atoms with Crippen LogP contribution in [0.5, 0.6) is 0 Å². The fraction of sp³-hybridized carbons (Fsp3) is 0. The first-order valence-electron chi connectivity index (χ1n) is 19.2. The van der Waals surface area contributed by atoms with Gasteiger partial charge in [-0.1, -0.05) is 140 Å². The normalized spacial score (nSPS) is 11.2.